The van der Waals surface area contributed by atoms with Crippen molar-refractivity contribution in [3.8, 4) is 0 Å². The monoisotopic (exact) mass is 448 g/mol. The van der Waals surface area contributed by atoms with Crippen molar-refractivity contribution in [2.75, 3.05) is 36.3 Å². The minimum absolute atomic E-state index is 0.0935. The van der Waals surface area contributed by atoms with Crippen molar-refractivity contribution in [2.24, 2.45) is 0 Å². The van der Waals surface area contributed by atoms with Crippen molar-refractivity contribution in [3.63, 3.8) is 0 Å². The second kappa shape index (κ2) is 11.2. The molecule has 0 aliphatic carbocycles. The largest absolute Gasteiger partial charge is 0.452 e. The van der Waals surface area contributed by atoms with Gasteiger partial charge in [-0.15, -0.1) is 11.8 Å². The SMILES string of the molecule is CN(C(=O)COC(=O)c1ccccc1SCC(=O)N(C)c1ccccc1)c1ccccc1. The molecule has 32 heavy (non-hydrogen) atoms. The number of hydrogen-bond donors (Lipinski definition) is 0. The molecule has 0 N–H and O–H groups in total. The predicted molar refractivity (Wildman–Crippen MR) is 127 cm³/mol. The van der Waals surface area contributed by atoms with Crippen LogP contribution in [0.1, 0.15) is 10.4 Å². The van der Waals surface area contributed by atoms with Crippen molar-refractivity contribution < 1.29 is 19.1 Å². The highest BCUT2D eigenvalue weighted by Gasteiger charge is 2.18. The second-order valence-corrected chi connectivity index (χ2v) is 7.95. The fourth-order valence-corrected chi connectivity index (χ4v) is 3.84. The number of benzene rings is 3. The van der Waals surface area contributed by atoms with Gasteiger partial charge < -0.3 is 14.5 Å². The first-order valence-electron chi connectivity index (χ1n) is 9.99. The van der Waals surface area contributed by atoms with E-state index in [0.29, 0.717) is 16.1 Å². The molecule has 0 aliphatic rings. The summed E-state index contributed by atoms with van der Waals surface area (Å²) in [4.78, 5) is 41.2. The molecule has 0 aromatic heterocycles. The lowest BCUT2D eigenvalue weighted by molar-refractivity contribution is -0.121. The topological polar surface area (TPSA) is 66.9 Å². The molecule has 0 saturated carbocycles. The Bertz CT molecular complexity index is 1070. The Morgan fingerprint density at radius 3 is 1.81 bits per heavy atom. The summed E-state index contributed by atoms with van der Waals surface area (Å²) in [6.07, 6.45) is 0. The van der Waals surface area contributed by atoms with Gasteiger partial charge in [0.05, 0.1) is 11.3 Å². The fourth-order valence-electron chi connectivity index (χ4n) is 2.89. The van der Waals surface area contributed by atoms with E-state index in [-0.39, 0.29) is 24.2 Å². The zero-order valence-corrected chi connectivity index (χ0v) is 18.7. The number of rotatable bonds is 8. The third kappa shape index (κ3) is 5.98. The van der Waals surface area contributed by atoms with E-state index in [2.05, 4.69) is 0 Å². The van der Waals surface area contributed by atoms with E-state index in [1.807, 2.05) is 48.5 Å². The lowest BCUT2D eigenvalue weighted by Crippen LogP contribution is -2.31. The van der Waals surface area contributed by atoms with Gasteiger partial charge in [-0.1, -0.05) is 48.5 Å². The summed E-state index contributed by atoms with van der Waals surface area (Å²) in [6, 6.07) is 25.4. The Hall–Kier alpha value is -3.58. The van der Waals surface area contributed by atoms with Crippen LogP contribution in [0.25, 0.3) is 0 Å². The van der Waals surface area contributed by atoms with Gasteiger partial charge in [-0.05, 0) is 36.4 Å². The van der Waals surface area contributed by atoms with Gasteiger partial charge in [0.25, 0.3) is 5.91 Å². The van der Waals surface area contributed by atoms with Crippen molar-refractivity contribution in [1.82, 2.24) is 0 Å². The number of thioether (sulfide) groups is 1. The smallest absolute Gasteiger partial charge is 0.339 e. The molecule has 0 saturated heterocycles. The molecule has 0 spiro atoms. The average Bonchev–Trinajstić information content (AvgIpc) is 2.85. The molecule has 0 aliphatic heterocycles. The normalized spacial score (nSPS) is 10.3. The number of esters is 1. The first-order chi connectivity index (χ1) is 15.5. The van der Waals surface area contributed by atoms with Crippen LogP contribution in [-0.2, 0) is 14.3 Å². The zero-order chi connectivity index (χ0) is 22.9. The fraction of sp³-hybridized carbons (Fsp3) is 0.160. The minimum Gasteiger partial charge on any atom is -0.452 e. The summed E-state index contributed by atoms with van der Waals surface area (Å²) >= 11 is 1.26. The summed E-state index contributed by atoms with van der Waals surface area (Å²) in [5.41, 5.74) is 1.83. The molecule has 0 unspecified atom stereocenters. The first-order valence-corrected chi connectivity index (χ1v) is 11.0. The summed E-state index contributed by atoms with van der Waals surface area (Å²) in [6.45, 7) is -0.376. The van der Waals surface area contributed by atoms with Crippen LogP contribution in [0.5, 0.6) is 0 Å². The van der Waals surface area contributed by atoms with Gasteiger partial charge in [0, 0.05) is 30.4 Å². The number of anilines is 2. The molecule has 3 aromatic carbocycles. The molecule has 0 atom stereocenters. The Kier molecular flexibility index (Phi) is 8.05. The van der Waals surface area contributed by atoms with E-state index in [9.17, 15) is 14.4 Å². The minimum atomic E-state index is -0.605. The standard InChI is InChI=1S/C25H24N2O4S/c1-26(19-11-5-3-6-12-19)23(28)17-31-25(30)21-15-9-10-16-22(21)32-18-24(29)27(2)20-13-7-4-8-14-20/h3-16H,17-18H2,1-2H3. The third-order valence-electron chi connectivity index (χ3n) is 4.82. The number of likely N-dealkylation sites (N-methyl/N-ethyl adjacent to an activating group) is 1. The quantitative estimate of drug-likeness (QED) is 0.381. The molecule has 164 valence electrons. The van der Waals surface area contributed by atoms with Crippen LogP contribution in [0.2, 0.25) is 0 Å². The summed E-state index contributed by atoms with van der Waals surface area (Å²) in [5.74, 6) is -0.879. The molecule has 2 amide bonds. The average molecular weight is 449 g/mol. The van der Waals surface area contributed by atoms with Gasteiger partial charge in [0.1, 0.15) is 0 Å². The Balaban J connectivity index is 1.59. The molecule has 0 fully saturated rings. The summed E-state index contributed by atoms with van der Waals surface area (Å²) in [7, 11) is 3.34. The third-order valence-corrected chi connectivity index (χ3v) is 5.88. The molecule has 0 heterocycles. The van der Waals surface area contributed by atoms with Crippen LogP contribution in [0, 0.1) is 0 Å². The van der Waals surface area contributed by atoms with Crippen molar-refractivity contribution in [2.45, 2.75) is 4.90 Å². The Labute approximate surface area is 191 Å². The number of carbonyl (C=O) groups is 3. The maximum Gasteiger partial charge on any atom is 0.339 e. The van der Waals surface area contributed by atoms with Crippen LogP contribution < -0.4 is 9.80 Å². The maximum atomic E-state index is 12.6. The lowest BCUT2D eigenvalue weighted by Gasteiger charge is -2.18. The van der Waals surface area contributed by atoms with Crippen LogP contribution >= 0.6 is 11.8 Å². The maximum absolute atomic E-state index is 12.6. The van der Waals surface area contributed by atoms with E-state index in [0.717, 1.165) is 5.69 Å². The summed E-state index contributed by atoms with van der Waals surface area (Å²) in [5, 5.41) is 0. The van der Waals surface area contributed by atoms with Gasteiger partial charge in [0.2, 0.25) is 5.91 Å². The number of ether oxygens (including phenoxy) is 1. The van der Waals surface area contributed by atoms with Gasteiger partial charge in [-0.3, -0.25) is 9.59 Å². The molecule has 3 rings (SSSR count). The highest BCUT2D eigenvalue weighted by atomic mass is 32.2. The van der Waals surface area contributed by atoms with Gasteiger partial charge in [0.15, 0.2) is 6.61 Å². The highest BCUT2D eigenvalue weighted by Crippen LogP contribution is 2.24. The molecular weight excluding hydrogens is 424 g/mol. The van der Waals surface area contributed by atoms with E-state index >= 15 is 0 Å². The van der Waals surface area contributed by atoms with Crippen LogP contribution in [0.3, 0.4) is 0 Å². The van der Waals surface area contributed by atoms with Gasteiger partial charge in [-0.2, -0.15) is 0 Å². The van der Waals surface area contributed by atoms with E-state index in [1.165, 1.54) is 16.7 Å². The number of carbonyl (C=O) groups excluding carboxylic acids is 3. The van der Waals surface area contributed by atoms with Crippen molar-refractivity contribution in [1.29, 1.82) is 0 Å². The van der Waals surface area contributed by atoms with E-state index < -0.39 is 5.97 Å². The molecule has 0 bridgehead atoms. The number of amides is 2. The van der Waals surface area contributed by atoms with Crippen LogP contribution in [0.15, 0.2) is 89.8 Å². The van der Waals surface area contributed by atoms with Gasteiger partial charge in [-0.25, -0.2) is 4.79 Å². The lowest BCUT2D eigenvalue weighted by atomic mass is 10.2. The first kappa shape index (κ1) is 23.1. The van der Waals surface area contributed by atoms with Crippen molar-refractivity contribution in [3.05, 3.63) is 90.5 Å². The van der Waals surface area contributed by atoms with E-state index in [1.54, 1.807) is 55.4 Å². The molecule has 6 nitrogen and oxygen atoms in total. The molecule has 0 radical (unpaired) electrons. The Morgan fingerprint density at radius 1 is 0.719 bits per heavy atom. The van der Waals surface area contributed by atoms with Crippen LogP contribution in [-0.4, -0.2) is 44.2 Å². The number of hydrogen-bond acceptors (Lipinski definition) is 5. The number of nitrogens with zero attached hydrogens (tertiary/aromatic N) is 2. The molecule has 7 heteroatoms. The zero-order valence-electron chi connectivity index (χ0n) is 17.9. The van der Waals surface area contributed by atoms with Crippen LogP contribution in [0.4, 0.5) is 11.4 Å². The molecular formula is C25H24N2O4S. The highest BCUT2D eigenvalue weighted by molar-refractivity contribution is 8.00. The van der Waals surface area contributed by atoms with E-state index in [4.69, 9.17) is 4.74 Å². The van der Waals surface area contributed by atoms with Crippen molar-refractivity contribution >= 4 is 40.9 Å². The number of para-hydroxylation sites is 2. The predicted octanol–water partition coefficient (Wildman–Crippen LogP) is 4.26. The Morgan fingerprint density at radius 2 is 1.22 bits per heavy atom. The summed E-state index contributed by atoms with van der Waals surface area (Å²) < 4.78 is 5.26. The second-order valence-electron chi connectivity index (χ2n) is 6.94. The molecule has 3 aromatic rings. The van der Waals surface area contributed by atoms with Gasteiger partial charge >= 0.3 is 5.97 Å².